The van der Waals surface area contributed by atoms with Crippen LogP contribution in [0.5, 0.6) is 5.75 Å². The number of hydrogen-bond donors (Lipinski definition) is 2. The van der Waals surface area contributed by atoms with E-state index in [2.05, 4.69) is 5.32 Å². The summed E-state index contributed by atoms with van der Waals surface area (Å²) in [6.45, 7) is 2.28. The van der Waals surface area contributed by atoms with Gasteiger partial charge in [0, 0.05) is 20.2 Å². The van der Waals surface area contributed by atoms with Gasteiger partial charge in [0.2, 0.25) is 0 Å². The fraction of sp³-hybridized carbons (Fsp3) is 0.588. The molecule has 0 radical (unpaired) electrons. The average molecular weight is 322 g/mol. The number of amides is 2. The smallest absolute Gasteiger partial charge is 0.317 e. The maximum absolute atomic E-state index is 12.2. The zero-order chi connectivity index (χ0) is 16.5. The predicted octanol–water partition coefficient (Wildman–Crippen LogP) is 1.77. The van der Waals surface area contributed by atoms with Crippen LogP contribution < -0.4 is 10.1 Å². The first-order valence-electron chi connectivity index (χ1n) is 8.10. The maximum Gasteiger partial charge on any atom is 0.317 e. The number of carbonyl (C=O) groups excluding carboxylic acids is 1. The first-order chi connectivity index (χ1) is 11.2. The number of rotatable bonds is 7. The first-order valence-corrected chi connectivity index (χ1v) is 8.10. The molecule has 0 bridgehead atoms. The van der Waals surface area contributed by atoms with Gasteiger partial charge in [0.15, 0.2) is 0 Å². The van der Waals surface area contributed by atoms with Gasteiger partial charge in [-0.3, -0.25) is 0 Å². The summed E-state index contributed by atoms with van der Waals surface area (Å²) in [4.78, 5) is 14.0. The van der Waals surface area contributed by atoms with Crippen LogP contribution in [0.1, 0.15) is 24.8 Å². The van der Waals surface area contributed by atoms with Crippen molar-refractivity contribution in [1.82, 2.24) is 10.2 Å². The second-order valence-corrected chi connectivity index (χ2v) is 5.67. The summed E-state index contributed by atoms with van der Waals surface area (Å²) in [7, 11) is 1.64. The van der Waals surface area contributed by atoms with Crippen molar-refractivity contribution in [3.63, 3.8) is 0 Å². The number of aliphatic hydroxyl groups is 1. The Morgan fingerprint density at radius 2 is 2.09 bits per heavy atom. The van der Waals surface area contributed by atoms with Crippen molar-refractivity contribution >= 4 is 6.03 Å². The van der Waals surface area contributed by atoms with Gasteiger partial charge >= 0.3 is 6.03 Å². The largest absolute Gasteiger partial charge is 0.491 e. The number of likely N-dealkylation sites (tertiary alicyclic amines) is 1. The molecule has 1 aromatic carbocycles. The summed E-state index contributed by atoms with van der Waals surface area (Å²) in [6.07, 6.45) is 2.94. The Morgan fingerprint density at radius 1 is 1.30 bits per heavy atom. The van der Waals surface area contributed by atoms with Crippen molar-refractivity contribution in [1.29, 1.82) is 0 Å². The summed E-state index contributed by atoms with van der Waals surface area (Å²) in [5.74, 6) is 0.786. The van der Waals surface area contributed by atoms with Gasteiger partial charge in [-0.15, -0.1) is 0 Å². The Balaban J connectivity index is 1.79. The van der Waals surface area contributed by atoms with Crippen LogP contribution in [0.25, 0.3) is 0 Å². The van der Waals surface area contributed by atoms with Crippen LogP contribution in [-0.2, 0) is 11.3 Å². The molecule has 2 N–H and O–H groups in total. The molecule has 1 fully saturated rings. The van der Waals surface area contributed by atoms with E-state index in [-0.39, 0.29) is 18.7 Å². The number of nitrogens with one attached hydrogen (secondary N) is 1. The molecule has 0 aliphatic carbocycles. The molecule has 1 aliphatic heterocycles. The van der Waals surface area contributed by atoms with Crippen LogP contribution >= 0.6 is 0 Å². The van der Waals surface area contributed by atoms with Gasteiger partial charge < -0.3 is 24.8 Å². The fourth-order valence-corrected chi connectivity index (χ4v) is 2.68. The number of carbonyl (C=O) groups is 1. The molecule has 1 heterocycles. The van der Waals surface area contributed by atoms with E-state index in [0.29, 0.717) is 26.3 Å². The fourth-order valence-electron chi connectivity index (χ4n) is 2.68. The molecule has 1 unspecified atom stereocenters. The number of piperidine rings is 1. The van der Waals surface area contributed by atoms with Crippen LogP contribution in [0, 0.1) is 0 Å². The summed E-state index contributed by atoms with van der Waals surface area (Å²) < 4.78 is 10.4. The molecule has 2 rings (SSSR count). The maximum atomic E-state index is 12.2. The third-order valence-electron chi connectivity index (χ3n) is 4.02. The molecular weight excluding hydrogens is 296 g/mol. The number of hydrogen-bond acceptors (Lipinski definition) is 4. The summed E-state index contributed by atoms with van der Waals surface area (Å²) in [6, 6.07) is 7.47. The lowest BCUT2D eigenvalue weighted by Crippen LogP contribution is -2.49. The van der Waals surface area contributed by atoms with Gasteiger partial charge in [-0.2, -0.15) is 0 Å². The normalized spacial score (nSPS) is 17.8. The van der Waals surface area contributed by atoms with Gasteiger partial charge in [-0.25, -0.2) is 4.79 Å². The van der Waals surface area contributed by atoms with E-state index >= 15 is 0 Å². The lowest BCUT2D eigenvalue weighted by Gasteiger charge is -2.34. The summed E-state index contributed by atoms with van der Waals surface area (Å²) >= 11 is 0. The van der Waals surface area contributed by atoms with E-state index in [4.69, 9.17) is 9.47 Å². The summed E-state index contributed by atoms with van der Waals surface area (Å²) in [5, 5.41) is 12.3. The molecule has 6 nitrogen and oxygen atoms in total. The van der Waals surface area contributed by atoms with Crippen molar-refractivity contribution in [2.45, 2.75) is 31.8 Å². The predicted molar refractivity (Wildman–Crippen MR) is 87.5 cm³/mol. The van der Waals surface area contributed by atoms with E-state index < -0.39 is 0 Å². The Morgan fingerprint density at radius 3 is 2.78 bits per heavy atom. The van der Waals surface area contributed by atoms with Crippen molar-refractivity contribution in [3.05, 3.63) is 29.8 Å². The Labute approximate surface area is 137 Å². The SMILES string of the molecule is COCCOc1ccc(CNC(=O)N2CCCCC2CO)cc1. The molecule has 6 heteroatoms. The van der Waals surface area contributed by atoms with E-state index in [9.17, 15) is 9.90 Å². The highest BCUT2D eigenvalue weighted by Crippen LogP contribution is 2.17. The van der Waals surface area contributed by atoms with Crippen LogP contribution in [0.3, 0.4) is 0 Å². The lowest BCUT2D eigenvalue weighted by molar-refractivity contribution is 0.108. The van der Waals surface area contributed by atoms with Crippen LogP contribution in [0.2, 0.25) is 0 Å². The Hall–Kier alpha value is -1.79. The zero-order valence-corrected chi connectivity index (χ0v) is 13.7. The molecule has 128 valence electrons. The Bertz CT molecular complexity index is 478. The van der Waals surface area contributed by atoms with Crippen LogP contribution in [-0.4, -0.2) is 55.6 Å². The number of urea groups is 1. The average Bonchev–Trinajstić information content (AvgIpc) is 2.61. The van der Waals surface area contributed by atoms with Gasteiger partial charge in [0.1, 0.15) is 12.4 Å². The molecule has 1 aliphatic rings. The van der Waals surface area contributed by atoms with Crippen LogP contribution in [0.4, 0.5) is 4.79 Å². The third kappa shape index (κ3) is 5.41. The van der Waals surface area contributed by atoms with E-state index in [1.807, 2.05) is 24.3 Å². The number of benzene rings is 1. The summed E-state index contributed by atoms with van der Waals surface area (Å²) in [5.41, 5.74) is 1.01. The topological polar surface area (TPSA) is 71.0 Å². The quantitative estimate of drug-likeness (QED) is 0.751. The minimum Gasteiger partial charge on any atom is -0.491 e. The van der Waals surface area contributed by atoms with Gasteiger partial charge in [0.05, 0.1) is 19.3 Å². The lowest BCUT2D eigenvalue weighted by atomic mass is 10.0. The highest BCUT2D eigenvalue weighted by molar-refractivity contribution is 5.74. The molecule has 1 saturated heterocycles. The Kier molecular flexibility index (Phi) is 7.16. The van der Waals surface area contributed by atoms with E-state index in [1.165, 1.54) is 0 Å². The molecule has 0 spiro atoms. The number of nitrogens with zero attached hydrogens (tertiary/aromatic N) is 1. The van der Waals surface area contributed by atoms with Gasteiger partial charge in [0.25, 0.3) is 0 Å². The molecule has 2 amide bonds. The van der Waals surface area contributed by atoms with Crippen molar-refractivity contribution in [2.75, 3.05) is 33.5 Å². The van der Waals surface area contributed by atoms with E-state index in [0.717, 1.165) is 30.6 Å². The highest BCUT2D eigenvalue weighted by atomic mass is 16.5. The first kappa shape index (κ1) is 17.6. The standard InChI is InChI=1S/C17H26N2O4/c1-22-10-11-23-16-7-5-14(6-8-16)12-18-17(21)19-9-3-2-4-15(19)13-20/h5-8,15,20H,2-4,9-13H2,1H3,(H,18,21). The van der Waals surface area contributed by atoms with E-state index in [1.54, 1.807) is 12.0 Å². The van der Waals surface area contributed by atoms with Crippen LogP contribution in [0.15, 0.2) is 24.3 Å². The van der Waals surface area contributed by atoms with Gasteiger partial charge in [-0.05, 0) is 37.0 Å². The number of ether oxygens (including phenoxy) is 2. The molecule has 1 aromatic rings. The number of aliphatic hydroxyl groups excluding tert-OH is 1. The monoisotopic (exact) mass is 322 g/mol. The second kappa shape index (κ2) is 9.37. The molecule has 23 heavy (non-hydrogen) atoms. The second-order valence-electron chi connectivity index (χ2n) is 5.67. The number of methoxy groups -OCH3 is 1. The van der Waals surface area contributed by atoms with Crippen molar-refractivity contribution in [3.8, 4) is 5.75 Å². The highest BCUT2D eigenvalue weighted by Gasteiger charge is 2.25. The minimum absolute atomic E-state index is 0.0287. The minimum atomic E-state index is -0.107. The zero-order valence-electron chi connectivity index (χ0n) is 13.7. The molecule has 0 aromatic heterocycles. The molecular formula is C17H26N2O4. The molecule has 1 atom stereocenters. The van der Waals surface area contributed by atoms with Crippen molar-refractivity contribution < 1.29 is 19.4 Å². The van der Waals surface area contributed by atoms with Gasteiger partial charge in [-0.1, -0.05) is 12.1 Å². The van der Waals surface area contributed by atoms with Crippen molar-refractivity contribution in [2.24, 2.45) is 0 Å². The third-order valence-corrected chi connectivity index (χ3v) is 4.02. The molecule has 0 saturated carbocycles.